The number of alkyl halides is 3. The van der Waals surface area contributed by atoms with Gasteiger partial charge < -0.3 is 9.84 Å². The number of hydrogen-bond donors (Lipinski definition) is 1. The van der Waals surface area contributed by atoms with Crippen LogP contribution >= 0.6 is 11.6 Å². The van der Waals surface area contributed by atoms with Gasteiger partial charge in [0.25, 0.3) is 0 Å². The molecular weight excluding hydrogens is 385 g/mol. The van der Waals surface area contributed by atoms with E-state index in [1.165, 1.54) is 17.9 Å². The number of hydrogen-bond acceptors (Lipinski definition) is 3. The molecule has 1 aromatic heterocycles. The van der Waals surface area contributed by atoms with Gasteiger partial charge in [-0.05, 0) is 30.5 Å². The van der Waals surface area contributed by atoms with Crippen molar-refractivity contribution in [3.63, 3.8) is 0 Å². The summed E-state index contributed by atoms with van der Waals surface area (Å²) in [5.74, 6) is -2.45. The Bertz CT molecular complexity index is 834. The lowest BCUT2D eigenvalue weighted by Gasteiger charge is -2.17. The van der Waals surface area contributed by atoms with Crippen molar-refractivity contribution in [1.29, 1.82) is 0 Å². The third kappa shape index (κ3) is 4.55. The lowest BCUT2D eigenvalue weighted by Crippen LogP contribution is -2.21. The van der Waals surface area contributed by atoms with E-state index in [-0.39, 0.29) is 17.1 Å². The fraction of sp³-hybridized carbons (Fsp3) is 0.444. The minimum atomic E-state index is -4.29. The average molecular weight is 405 g/mol. The molecule has 0 fully saturated rings. The van der Waals surface area contributed by atoms with Crippen LogP contribution in [0, 0.1) is 5.92 Å². The Kier molecular flexibility index (Phi) is 6.41. The first kappa shape index (κ1) is 21.1. The van der Waals surface area contributed by atoms with Crippen LogP contribution in [0.15, 0.2) is 18.2 Å². The minimum absolute atomic E-state index is 0.0364. The Balaban J connectivity index is 2.52. The zero-order chi connectivity index (χ0) is 20.4. The number of methoxy groups -OCH3 is 1. The Morgan fingerprint density at radius 1 is 1.41 bits per heavy atom. The van der Waals surface area contributed by atoms with Gasteiger partial charge in [0, 0.05) is 12.1 Å². The van der Waals surface area contributed by atoms with Crippen molar-refractivity contribution in [1.82, 2.24) is 9.78 Å². The molecule has 9 heteroatoms. The number of aryl methyl sites for hydroxylation is 1. The van der Waals surface area contributed by atoms with Crippen molar-refractivity contribution in [3.05, 3.63) is 34.5 Å². The van der Waals surface area contributed by atoms with Crippen LogP contribution in [0.1, 0.15) is 36.3 Å². The van der Waals surface area contributed by atoms with Crippen LogP contribution in [0.2, 0.25) is 5.02 Å². The molecule has 0 radical (unpaired) electrons. The van der Waals surface area contributed by atoms with Crippen molar-refractivity contribution >= 4 is 17.6 Å². The smallest absolute Gasteiger partial charge is 0.391 e. The summed E-state index contributed by atoms with van der Waals surface area (Å²) in [4.78, 5) is 11.3. The molecule has 1 atom stereocenters. The van der Waals surface area contributed by atoms with Crippen molar-refractivity contribution in [2.24, 2.45) is 5.92 Å². The van der Waals surface area contributed by atoms with Gasteiger partial charge in [0.2, 0.25) is 0 Å². The summed E-state index contributed by atoms with van der Waals surface area (Å²) in [5, 5.41) is 13.3. The molecule has 0 spiro atoms. The number of halogens is 4. The summed E-state index contributed by atoms with van der Waals surface area (Å²) in [6, 6.07) is 4.65. The molecule has 2 rings (SSSR count). The van der Waals surface area contributed by atoms with Gasteiger partial charge in [0.15, 0.2) is 5.69 Å². The van der Waals surface area contributed by atoms with Crippen LogP contribution in [0.4, 0.5) is 13.2 Å². The standard InChI is InChI=1S/C18H20ClF3N2O3/c1-4-7-24-16(14(19)15(23-24)17(25)26)12-6-5-11(9-13(12)27-3)8-10(2)18(20,21)22/h5-6,9-10H,4,7-8H2,1-3H3,(H,25,26). The van der Waals surface area contributed by atoms with E-state index in [4.69, 9.17) is 16.3 Å². The van der Waals surface area contributed by atoms with Gasteiger partial charge in [-0.25, -0.2) is 4.79 Å². The van der Waals surface area contributed by atoms with Gasteiger partial charge in [-0.3, -0.25) is 4.68 Å². The van der Waals surface area contributed by atoms with Gasteiger partial charge in [-0.15, -0.1) is 0 Å². The van der Waals surface area contributed by atoms with E-state index in [0.29, 0.717) is 35.5 Å². The van der Waals surface area contributed by atoms with E-state index in [0.717, 1.165) is 6.92 Å². The third-order valence-corrected chi connectivity index (χ3v) is 4.51. The van der Waals surface area contributed by atoms with Crippen molar-refractivity contribution in [2.75, 3.05) is 7.11 Å². The lowest BCUT2D eigenvalue weighted by atomic mass is 9.98. The molecule has 2 aromatic rings. The quantitative estimate of drug-likeness (QED) is 0.700. The van der Waals surface area contributed by atoms with Gasteiger partial charge >= 0.3 is 12.1 Å². The second-order valence-corrected chi connectivity index (χ2v) is 6.60. The normalized spacial score (nSPS) is 12.9. The Hall–Kier alpha value is -2.22. The van der Waals surface area contributed by atoms with Gasteiger partial charge in [-0.1, -0.05) is 31.5 Å². The third-order valence-electron chi connectivity index (χ3n) is 4.15. The highest BCUT2D eigenvalue weighted by atomic mass is 35.5. The zero-order valence-corrected chi connectivity index (χ0v) is 15.9. The Labute approximate surface area is 159 Å². The van der Waals surface area contributed by atoms with Crippen molar-refractivity contribution in [3.8, 4) is 17.0 Å². The number of carbonyl (C=O) groups is 1. The molecule has 1 aromatic carbocycles. The number of carboxylic acid groups (broad SMARTS) is 1. The van der Waals surface area contributed by atoms with Crippen LogP contribution < -0.4 is 4.74 Å². The highest BCUT2D eigenvalue weighted by Gasteiger charge is 2.36. The van der Waals surface area contributed by atoms with Crippen LogP contribution in [-0.4, -0.2) is 34.1 Å². The molecule has 0 aliphatic heterocycles. The number of carboxylic acids is 1. The van der Waals surface area contributed by atoms with E-state index < -0.39 is 18.1 Å². The number of nitrogens with zero attached hydrogens (tertiary/aromatic N) is 2. The van der Waals surface area contributed by atoms with E-state index in [9.17, 15) is 23.1 Å². The molecule has 0 aliphatic rings. The molecule has 148 valence electrons. The lowest BCUT2D eigenvalue weighted by molar-refractivity contribution is -0.169. The highest BCUT2D eigenvalue weighted by Crippen LogP contribution is 2.38. The molecule has 0 saturated heterocycles. The first-order valence-corrected chi connectivity index (χ1v) is 8.71. The zero-order valence-electron chi connectivity index (χ0n) is 15.1. The molecule has 1 unspecified atom stereocenters. The molecule has 1 heterocycles. The predicted octanol–water partition coefficient (Wildman–Crippen LogP) is 5.06. The summed E-state index contributed by atoms with van der Waals surface area (Å²) in [5.41, 5.74) is 1.01. The summed E-state index contributed by atoms with van der Waals surface area (Å²) in [6.45, 7) is 3.45. The number of aromatic carboxylic acids is 1. The van der Waals surface area contributed by atoms with Crippen LogP contribution in [0.3, 0.4) is 0 Å². The van der Waals surface area contributed by atoms with Gasteiger partial charge in [-0.2, -0.15) is 18.3 Å². The first-order chi connectivity index (χ1) is 12.6. The summed E-state index contributed by atoms with van der Waals surface area (Å²) in [7, 11) is 1.39. The molecule has 0 bridgehead atoms. The number of benzene rings is 1. The highest BCUT2D eigenvalue weighted by molar-refractivity contribution is 6.35. The van der Waals surface area contributed by atoms with Crippen LogP contribution in [-0.2, 0) is 13.0 Å². The van der Waals surface area contributed by atoms with Crippen molar-refractivity contribution in [2.45, 2.75) is 39.4 Å². The molecule has 0 amide bonds. The van der Waals surface area contributed by atoms with E-state index in [1.807, 2.05) is 6.92 Å². The SMILES string of the molecule is CCCn1nc(C(=O)O)c(Cl)c1-c1ccc(CC(C)C(F)(F)F)cc1OC. The molecule has 1 N–H and O–H groups in total. The molecule has 0 aliphatic carbocycles. The maximum absolute atomic E-state index is 12.8. The molecule has 5 nitrogen and oxygen atoms in total. The average Bonchev–Trinajstić information content (AvgIpc) is 2.91. The van der Waals surface area contributed by atoms with E-state index in [1.54, 1.807) is 12.1 Å². The van der Waals surface area contributed by atoms with Crippen LogP contribution in [0.25, 0.3) is 11.3 Å². The maximum atomic E-state index is 12.8. The van der Waals surface area contributed by atoms with E-state index in [2.05, 4.69) is 5.10 Å². The van der Waals surface area contributed by atoms with Crippen LogP contribution in [0.5, 0.6) is 5.75 Å². The molecule has 0 saturated carbocycles. The Morgan fingerprint density at radius 2 is 2.07 bits per heavy atom. The number of ether oxygens (including phenoxy) is 1. The van der Waals surface area contributed by atoms with Crippen molar-refractivity contribution < 1.29 is 27.8 Å². The fourth-order valence-electron chi connectivity index (χ4n) is 2.74. The molecular formula is C18H20ClF3N2O3. The van der Waals surface area contributed by atoms with Gasteiger partial charge in [0.1, 0.15) is 10.8 Å². The summed E-state index contributed by atoms with van der Waals surface area (Å²) >= 11 is 6.24. The van der Waals surface area contributed by atoms with E-state index >= 15 is 0 Å². The predicted molar refractivity (Wildman–Crippen MR) is 95.4 cm³/mol. The second-order valence-electron chi connectivity index (χ2n) is 6.22. The number of rotatable bonds is 7. The molecule has 27 heavy (non-hydrogen) atoms. The largest absolute Gasteiger partial charge is 0.496 e. The maximum Gasteiger partial charge on any atom is 0.391 e. The number of aromatic nitrogens is 2. The summed E-state index contributed by atoms with van der Waals surface area (Å²) in [6.07, 6.45) is -3.79. The first-order valence-electron chi connectivity index (χ1n) is 8.33. The second kappa shape index (κ2) is 8.21. The Morgan fingerprint density at radius 3 is 2.59 bits per heavy atom. The fourth-order valence-corrected chi connectivity index (χ4v) is 3.05. The topological polar surface area (TPSA) is 64.4 Å². The summed E-state index contributed by atoms with van der Waals surface area (Å²) < 4.78 is 45.3. The van der Waals surface area contributed by atoms with Gasteiger partial charge in [0.05, 0.1) is 18.7 Å². The minimum Gasteiger partial charge on any atom is -0.496 e. The monoisotopic (exact) mass is 404 g/mol.